The normalized spacial score (nSPS) is 11.3. The molecule has 1 N–H and O–H groups in total. The van der Waals surface area contributed by atoms with Crippen molar-refractivity contribution in [2.75, 3.05) is 18.5 Å². The molecule has 0 aliphatic heterocycles. The molecule has 2 rings (SSSR count). The Balaban J connectivity index is 1.88. The Morgan fingerprint density at radius 3 is 2.35 bits per heavy atom. The second kappa shape index (κ2) is 8.60. The minimum Gasteiger partial charge on any atom is -0.484 e. The van der Waals surface area contributed by atoms with Gasteiger partial charge in [-0.3, -0.25) is 4.79 Å². The van der Waals surface area contributed by atoms with Gasteiger partial charge in [-0.1, -0.05) is 32.0 Å². The van der Waals surface area contributed by atoms with Gasteiger partial charge in [-0.25, -0.2) is 0 Å². The largest absolute Gasteiger partial charge is 0.484 e. The number of halogens is 3. The number of rotatable bonds is 7. The molecule has 0 radical (unpaired) electrons. The predicted octanol–water partition coefficient (Wildman–Crippen LogP) is 4.77. The van der Waals surface area contributed by atoms with Crippen LogP contribution in [-0.2, 0) is 4.79 Å². The van der Waals surface area contributed by atoms with E-state index >= 15 is 0 Å². The van der Waals surface area contributed by atoms with Crippen LogP contribution in [-0.4, -0.2) is 25.3 Å². The first-order valence-electron chi connectivity index (χ1n) is 8.05. The third-order valence-electron chi connectivity index (χ3n) is 3.41. The molecule has 2 aromatic carbocycles. The molecule has 2 aromatic rings. The number of alkyl halides is 3. The second-order valence-electron chi connectivity index (χ2n) is 6.00. The fourth-order valence-electron chi connectivity index (χ4n) is 2.14. The highest BCUT2D eigenvalue weighted by Gasteiger charge is 2.28. The maximum Gasteiger partial charge on any atom is 0.422 e. The highest BCUT2D eigenvalue weighted by Crippen LogP contribution is 2.22. The first-order valence-corrected chi connectivity index (χ1v) is 8.05. The van der Waals surface area contributed by atoms with E-state index in [1.165, 1.54) is 18.2 Å². The van der Waals surface area contributed by atoms with Gasteiger partial charge in [0.15, 0.2) is 13.2 Å². The lowest BCUT2D eigenvalue weighted by molar-refractivity contribution is -0.153. The molecule has 7 heteroatoms. The topological polar surface area (TPSA) is 47.6 Å². The van der Waals surface area contributed by atoms with Crippen LogP contribution in [0.3, 0.4) is 0 Å². The third kappa shape index (κ3) is 6.66. The van der Waals surface area contributed by atoms with Gasteiger partial charge in [0, 0.05) is 11.8 Å². The molecule has 0 aliphatic carbocycles. The SMILES string of the molecule is CC(C)c1cccc(OCC(=O)Nc2cccc(OCC(F)(F)F)c2)c1. The zero-order valence-electron chi connectivity index (χ0n) is 14.5. The number of carbonyl (C=O) groups excluding carboxylic acids is 1. The van der Waals surface area contributed by atoms with Gasteiger partial charge >= 0.3 is 6.18 Å². The van der Waals surface area contributed by atoms with Crippen LogP contribution in [0.4, 0.5) is 18.9 Å². The maximum absolute atomic E-state index is 12.2. The van der Waals surface area contributed by atoms with Crippen LogP contribution in [0.2, 0.25) is 0 Å². The summed E-state index contributed by atoms with van der Waals surface area (Å²) >= 11 is 0. The van der Waals surface area contributed by atoms with Crippen molar-refractivity contribution >= 4 is 11.6 Å². The van der Waals surface area contributed by atoms with Crippen molar-refractivity contribution in [2.24, 2.45) is 0 Å². The summed E-state index contributed by atoms with van der Waals surface area (Å²) in [4.78, 5) is 12.0. The van der Waals surface area contributed by atoms with Gasteiger partial charge in [0.05, 0.1) is 0 Å². The van der Waals surface area contributed by atoms with Gasteiger partial charge in [-0.15, -0.1) is 0 Å². The summed E-state index contributed by atoms with van der Waals surface area (Å²) < 4.78 is 46.7. The minimum absolute atomic E-state index is 0.0191. The fraction of sp³-hybridized carbons (Fsp3) is 0.316. The summed E-state index contributed by atoms with van der Waals surface area (Å²) in [6.07, 6.45) is -4.42. The lowest BCUT2D eigenvalue weighted by atomic mass is 10.0. The van der Waals surface area contributed by atoms with Crippen LogP contribution in [0.5, 0.6) is 11.5 Å². The Morgan fingerprint density at radius 2 is 1.69 bits per heavy atom. The fourth-order valence-corrected chi connectivity index (χ4v) is 2.14. The van der Waals surface area contributed by atoms with E-state index in [0.717, 1.165) is 5.56 Å². The molecule has 0 fully saturated rings. The molecular weight excluding hydrogens is 347 g/mol. The van der Waals surface area contributed by atoms with Crippen molar-refractivity contribution in [1.82, 2.24) is 0 Å². The van der Waals surface area contributed by atoms with Crippen molar-refractivity contribution in [2.45, 2.75) is 25.9 Å². The summed E-state index contributed by atoms with van der Waals surface area (Å²) in [5.41, 5.74) is 1.42. The molecule has 0 bridgehead atoms. The first-order chi connectivity index (χ1) is 12.2. The van der Waals surface area contributed by atoms with Crippen LogP contribution in [0.15, 0.2) is 48.5 Å². The van der Waals surface area contributed by atoms with Gasteiger partial charge in [-0.2, -0.15) is 13.2 Å². The average molecular weight is 367 g/mol. The van der Waals surface area contributed by atoms with Gasteiger partial charge in [0.2, 0.25) is 0 Å². The number of ether oxygens (including phenoxy) is 2. The van der Waals surface area contributed by atoms with E-state index < -0.39 is 18.7 Å². The lowest BCUT2D eigenvalue weighted by Crippen LogP contribution is -2.21. The Hall–Kier alpha value is -2.70. The molecular formula is C19H20F3NO3. The molecule has 140 valence electrons. The molecule has 0 saturated carbocycles. The molecule has 0 aliphatic rings. The van der Waals surface area contributed by atoms with Gasteiger partial charge in [0.1, 0.15) is 11.5 Å². The Morgan fingerprint density at radius 1 is 1.04 bits per heavy atom. The average Bonchev–Trinajstić information content (AvgIpc) is 2.58. The van der Waals surface area contributed by atoms with Gasteiger partial charge in [0.25, 0.3) is 5.91 Å². The van der Waals surface area contributed by atoms with Crippen molar-refractivity contribution in [3.63, 3.8) is 0 Å². The van der Waals surface area contributed by atoms with Crippen LogP contribution in [0, 0.1) is 0 Å². The minimum atomic E-state index is -4.42. The van der Waals surface area contributed by atoms with Crippen LogP contribution in [0.25, 0.3) is 0 Å². The van der Waals surface area contributed by atoms with Crippen molar-refractivity contribution in [3.8, 4) is 11.5 Å². The molecule has 26 heavy (non-hydrogen) atoms. The van der Waals surface area contributed by atoms with Gasteiger partial charge in [-0.05, 0) is 35.7 Å². The van der Waals surface area contributed by atoms with E-state index in [9.17, 15) is 18.0 Å². The van der Waals surface area contributed by atoms with E-state index in [1.807, 2.05) is 18.2 Å². The van der Waals surface area contributed by atoms with Crippen LogP contribution < -0.4 is 14.8 Å². The van der Waals surface area contributed by atoms with E-state index in [1.54, 1.807) is 12.1 Å². The number of hydrogen-bond donors (Lipinski definition) is 1. The maximum atomic E-state index is 12.2. The summed E-state index contributed by atoms with van der Waals surface area (Å²) in [5, 5.41) is 2.56. The summed E-state index contributed by atoms with van der Waals surface area (Å²) in [7, 11) is 0. The molecule has 0 atom stereocenters. The zero-order chi connectivity index (χ0) is 19.2. The standard InChI is InChI=1S/C19H20F3NO3/c1-13(2)14-5-3-7-16(9-14)25-11-18(24)23-15-6-4-8-17(10-15)26-12-19(20,21)22/h3-10,13H,11-12H2,1-2H3,(H,23,24). The highest BCUT2D eigenvalue weighted by atomic mass is 19.4. The molecule has 4 nitrogen and oxygen atoms in total. The molecule has 0 aromatic heterocycles. The van der Waals surface area contributed by atoms with E-state index in [-0.39, 0.29) is 12.4 Å². The third-order valence-corrected chi connectivity index (χ3v) is 3.41. The van der Waals surface area contributed by atoms with E-state index in [2.05, 4.69) is 23.9 Å². The number of anilines is 1. The number of benzene rings is 2. The molecule has 0 heterocycles. The van der Waals surface area contributed by atoms with Crippen LogP contribution in [0.1, 0.15) is 25.3 Å². The summed E-state index contributed by atoms with van der Waals surface area (Å²) in [6, 6.07) is 13.2. The lowest BCUT2D eigenvalue weighted by Gasteiger charge is -2.12. The highest BCUT2D eigenvalue weighted by molar-refractivity contribution is 5.92. The Labute approximate surface area is 149 Å². The summed E-state index contributed by atoms with van der Waals surface area (Å²) in [5.74, 6) is 0.513. The Bertz CT molecular complexity index is 745. The molecule has 1 amide bonds. The monoisotopic (exact) mass is 367 g/mol. The number of nitrogens with one attached hydrogen (secondary N) is 1. The second-order valence-corrected chi connectivity index (χ2v) is 6.00. The van der Waals surface area contributed by atoms with Crippen LogP contribution >= 0.6 is 0 Å². The van der Waals surface area contributed by atoms with Gasteiger partial charge < -0.3 is 14.8 Å². The molecule has 0 spiro atoms. The molecule has 0 unspecified atom stereocenters. The number of carbonyl (C=O) groups is 1. The van der Waals surface area contributed by atoms with Crippen molar-refractivity contribution < 1.29 is 27.4 Å². The Kier molecular flexibility index (Phi) is 6.49. The number of hydrogen-bond acceptors (Lipinski definition) is 3. The smallest absolute Gasteiger partial charge is 0.422 e. The zero-order valence-corrected chi connectivity index (χ0v) is 14.5. The van der Waals surface area contributed by atoms with E-state index in [0.29, 0.717) is 17.4 Å². The number of amides is 1. The van der Waals surface area contributed by atoms with Crippen molar-refractivity contribution in [3.05, 3.63) is 54.1 Å². The molecule has 0 saturated heterocycles. The summed E-state index contributed by atoms with van der Waals surface area (Å²) in [6.45, 7) is 2.51. The first kappa shape index (κ1) is 19.6. The van der Waals surface area contributed by atoms with Crippen molar-refractivity contribution in [1.29, 1.82) is 0 Å². The van der Waals surface area contributed by atoms with E-state index in [4.69, 9.17) is 4.74 Å². The quantitative estimate of drug-likeness (QED) is 0.767. The predicted molar refractivity (Wildman–Crippen MR) is 92.6 cm³/mol.